The molecule has 1 aliphatic heterocycles. The lowest BCUT2D eigenvalue weighted by atomic mass is 10.0. The van der Waals surface area contributed by atoms with Crippen molar-refractivity contribution in [3.05, 3.63) is 0 Å². The molecule has 0 bridgehead atoms. The second-order valence-electron chi connectivity index (χ2n) is 5.41. The van der Waals surface area contributed by atoms with Crippen LogP contribution in [-0.4, -0.2) is 48.8 Å². The molecule has 0 spiro atoms. The molecule has 17 heavy (non-hydrogen) atoms. The van der Waals surface area contributed by atoms with Crippen molar-refractivity contribution in [1.82, 2.24) is 10.2 Å². The number of ether oxygens (including phenoxy) is 1. The highest BCUT2D eigenvalue weighted by atomic mass is 16.5. The molecule has 0 aromatic rings. The summed E-state index contributed by atoms with van der Waals surface area (Å²) in [6, 6.07) is 0.156. The lowest BCUT2D eigenvalue weighted by molar-refractivity contribution is -0.0793. The molecule has 100 valence electrons. The molecule has 1 saturated heterocycles. The van der Waals surface area contributed by atoms with E-state index in [2.05, 4.69) is 19.2 Å². The summed E-state index contributed by atoms with van der Waals surface area (Å²) in [6.07, 6.45) is 0. The lowest BCUT2D eigenvalue weighted by Crippen LogP contribution is -2.58. The molecule has 2 amide bonds. The van der Waals surface area contributed by atoms with Crippen LogP contribution in [0.4, 0.5) is 4.79 Å². The van der Waals surface area contributed by atoms with Crippen LogP contribution in [0.25, 0.3) is 0 Å². The number of hydrogen-bond donors (Lipinski definition) is 2. The minimum Gasteiger partial charge on any atom is -0.370 e. The average molecular weight is 243 g/mol. The van der Waals surface area contributed by atoms with E-state index in [0.717, 1.165) is 0 Å². The van der Waals surface area contributed by atoms with Gasteiger partial charge in [-0.2, -0.15) is 0 Å². The predicted octanol–water partition coefficient (Wildman–Crippen LogP) is 0.790. The van der Waals surface area contributed by atoms with Crippen LogP contribution in [0.2, 0.25) is 0 Å². The van der Waals surface area contributed by atoms with Gasteiger partial charge in [-0.05, 0) is 19.8 Å². The normalized spacial score (nSPS) is 27.1. The van der Waals surface area contributed by atoms with E-state index < -0.39 is 5.60 Å². The smallest absolute Gasteiger partial charge is 0.317 e. The fourth-order valence-corrected chi connectivity index (χ4v) is 1.68. The first-order chi connectivity index (χ1) is 7.88. The van der Waals surface area contributed by atoms with Crippen molar-refractivity contribution in [2.24, 2.45) is 11.7 Å². The Labute approximate surface area is 104 Å². The van der Waals surface area contributed by atoms with Crippen LogP contribution in [0.5, 0.6) is 0 Å². The fourth-order valence-electron chi connectivity index (χ4n) is 1.68. The third-order valence-electron chi connectivity index (χ3n) is 3.41. The molecule has 0 aromatic heterocycles. The summed E-state index contributed by atoms with van der Waals surface area (Å²) < 4.78 is 5.60. The number of nitrogens with two attached hydrogens (primary N) is 1. The summed E-state index contributed by atoms with van der Waals surface area (Å²) in [6.45, 7) is 10.3. The van der Waals surface area contributed by atoms with E-state index in [4.69, 9.17) is 10.5 Å². The Morgan fingerprint density at radius 2 is 2.18 bits per heavy atom. The molecule has 5 heteroatoms. The van der Waals surface area contributed by atoms with Crippen molar-refractivity contribution in [2.45, 2.75) is 39.3 Å². The lowest BCUT2D eigenvalue weighted by Gasteiger charge is -2.40. The van der Waals surface area contributed by atoms with Crippen LogP contribution in [0.1, 0.15) is 27.7 Å². The Hall–Kier alpha value is -0.810. The molecule has 2 atom stereocenters. The molecule has 2 unspecified atom stereocenters. The van der Waals surface area contributed by atoms with Crippen molar-refractivity contribution in [1.29, 1.82) is 0 Å². The molecule has 1 fully saturated rings. The second kappa shape index (κ2) is 5.69. The number of hydrogen-bond acceptors (Lipinski definition) is 3. The maximum atomic E-state index is 12.0. The number of nitrogens with one attached hydrogen (secondary N) is 1. The maximum Gasteiger partial charge on any atom is 0.317 e. The van der Waals surface area contributed by atoms with Crippen molar-refractivity contribution in [3.8, 4) is 0 Å². The molecule has 1 aliphatic rings. The SMILES string of the molecule is CC(C)C(C)NC(=O)N1CCOC(C)(CN)C1. The van der Waals surface area contributed by atoms with Gasteiger partial charge in [-0.1, -0.05) is 13.8 Å². The number of urea groups is 1. The first-order valence-electron chi connectivity index (χ1n) is 6.27. The van der Waals surface area contributed by atoms with Gasteiger partial charge in [-0.25, -0.2) is 4.79 Å². The largest absolute Gasteiger partial charge is 0.370 e. The Morgan fingerprint density at radius 1 is 1.53 bits per heavy atom. The summed E-state index contributed by atoms with van der Waals surface area (Å²) in [5.41, 5.74) is 5.26. The predicted molar refractivity (Wildman–Crippen MR) is 67.8 cm³/mol. The molecule has 0 aliphatic carbocycles. The minimum absolute atomic E-state index is 0.0193. The molecule has 1 heterocycles. The third kappa shape index (κ3) is 3.85. The molecule has 0 aromatic carbocycles. The number of carbonyl (C=O) groups is 1. The van der Waals surface area contributed by atoms with Gasteiger partial charge in [0.15, 0.2) is 0 Å². The Morgan fingerprint density at radius 3 is 2.71 bits per heavy atom. The zero-order valence-corrected chi connectivity index (χ0v) is 11.3. The molecule has 0 radical (unpaired) electrons. The van der Waals surface area contributed by atoms with E-state index >= 15 is 0 Å². The Balaban J connectivity index is 2.52. The number of amides is 2. The average Bonchev–Trinajstić information content (AvgIpc) is 2.29. The van der Waals surface area contributed by atoms with Crippen molar-refractivity contribution in [3.63, 3.8) is 0 Å². The number of morpholine rings is 1. The fraction of sp³-hybridized carbons (Fsp3) is 0.917. The topological polar surface area (TPSA) is 67.6 Å². The molecule has 0 saturated carbocycles. The van der Waals surface area contributed by atoms with Gasteiger partial charge in [0.1, 0.15) is 0 Å². The summed E-state index contributed by atoms with van der Waals surface area (Å²) in [4.78, 5) is 13.8. The van der Waals surface area contributed by atoms with Crippen LogP contribution >= 0.6 is 0 Å². The van der Waals surface area contributed by atoms with Gasteiger partial charge in [-0.3, -0.25) is 0 Å². The highest BCUT2D eigenvalue weighted by Crippen LogP contribution is 2.16. The van der Waals surface area contributed by atoms with Gasteiger partial charge >= 0.3 is 6.03 Å². The van der Waals surface area contributed by atoms with Crippen LogP contribution in [-0.2, 0) is 4.74 Å². The van der Waals surface area contributed by atoms with E-state index in [9.17, 15) is 4.79 Å². The molecular weight excluding hydrogens is 218 g/mol. The summed E-state index contributed by atoms with van der Waals surface area (Å²) in [5, 5.41) is 3.00. The summed E-state index contributed by atoms with van der Waals surface area (Å²) in [5.74, 6) is 0.431. The highest BCUT2D eigenvalue weighted by Gasteiger charge is 2.33. The quantitative estimate of drug-likeness (QED) is 0.770. The number of carbonyl (C=O) groups excluding carboxylic acids is 1. The van der Waals surface area contributed by atoms with Gasteiger partial charge in [-0.15, -0.1) is 0 Å². The molecule has 1 rings (SSSR count). The van der Waals surface area contributed by atoms with Gasteiger partial charge in [0.2, 0.25) is 0 Å². The van der Waals surface area contributed by atoms with E-state index in [1.807, 2.05) is 13.8 Å². The second-order valence-corrected chi connectivity index (χ2v) is 5.41. The number of nitrogens with zero attached hydrogens (tertiary/aromatic N) is 1. The first-order valence-corrected chi connectivity index (χ1v) is 6.27. The first kappa shape index (κ1) is 14.3. The maximum absolute atomic E-state index is 12.0. The van der Waals surface area contributed by atoms with Gasteiger partial charge in [0.25, 0.3) is 0 Å². The molecular formula is C12H25N3O2. The standard InChI is InChI=1S/C12H25N3O2/c1-9(2)10(3)14-11(16)15-5-6-17-12(4,7-13)8-15/h9-10H,5-8,13H2,1-4H3,(H,14,16). The van der Waals surface area contributed by atoms with E-state index in [-0.39, 0.29) is 12.1 Å². The Bertz CT molecular complexity index is 270. The summed E-state index contributed by atoms with van der Waals surface area (Å²) in [7, 11) is 0. The van der Waals surface area contributed by atoms with Gasteiger partial charge < -0.3 is 20.7 Å². The third-order valence-corrected chi connectivity index (χ3v) is 3.41. The van der Waals surface area contributed by atoms with Crippen molar-refractivity contribution < 1.29 is 9.53 Å². The van der Waals surface area contributed by atoms with E-state index in [1.54, 1.807) is 4.90 Å². The van der Waals surface area contributed by atoms with Crippen LogP contribution in [0.15, 0.2) is 0 Å². The monoisotopic (exact) mass is 243 g/mol. The van der Waals surface area contributed by atoms with Gasteiger partial charge in [0.05, 0.1) is 18.8 Å². The van der Waals surface area contributed by atoms with Crippen LogP contribution in [0, 0.1) is 5.92 Å². The molecule has 5 nitrogen and oxygen atoms in total. The van der Waals surface area contributed by atoms with Crippen LogP contribution in [0.3, 0.4) is 0 Å². The van der Waals surface area contributed by atoms with E-state index in [1.165, 1.54) is 0 Å². The highest BCUT2D eigenvalue weighted by molar-refractivity contribution is 5.74. The summed E-state index contributed by atoms with van der Waals surface area (Å²) >= 11 is 0. The van der Waals surface area contributed by atoms with Gasteiger partial charge in [0, 0.05) is 19.1 Å². The zero-order valence-electron chi connectivity index (χ0n) is 11.3. The van der Waals surface area contributed by atoms with Crippen LogP contribution < -0.4 is 11.1 Å². The minimum atomic E-state index is -0.406. The zero-order chi connectivity index (χ0) is 13.1. The molecule has 3 N–H and O–H groups in total. The van der Waals surface area contributed by atoms with Crippen molar-refractivity contribution in [2.75, 3.05) is 26.2 Å². The van der Waals surface area contributed by atoms with E-state index in [0.29, 0.717) is 32.2 Å². The van der Waals surface area contributed by atoms with Crippen molar-refractivity contribution >= 4 is 6.03 Å². The Kier molecular flexibility index (Phi) is 4.77. The number of rotatable bonds is 3.